The predicted octanol–water partition coefficient (Wildman–Crippen LogP) is 4.91. The Labute approximate surface area is 209 Å². The fourth-order valence-electron chi connectivity index (χ4n) is 5.89. The molecule has 5 atom stereocenters. The molecule has 1 saturated carbocycles. The van der Waals surface area contributed by atoms with Gasteiger partial charge in [0, 0.05) is 38.1 Å². The molecule has 0 N–H and O–H groups in total. The fourth-order valence-corrected chi connectivity index (χ4v) is 5.89. The van der Waals surface area contributed by atoms with E-state index in [1.807, 2.05) is 0 Å². The van der Waals surface area contributed by atoms with Gasteiger partial charge in [-0.15, -0.1) is 0 Å². The number of benzene rings is 2. The monoisotopic (exact) mass is 481 g/mol. The van der Waals surface area contributed by atoms with Crippen LogP contribution in [0, 0.1) is 5.92 Å². The Morgan fingerprint density at radius 1 is 1.00 bits per heavy atom. The lowest BCUT2D eigenvalue weighted by Gasteiger charge is -2.39. The van der Waals surface area contributed by atoms with Crippen molar-refractivity contribution in [2.24, 2.45) is 5.92 Å². The standard InChI is InChI=1S/C29H39NO5/c1-31-15-6-9-25-26(34-21-22-11-12-23-7-2-3-8-24(23)19-22)20-27(35-28-10-4-5-16-33-28)29(25)30-13-17-32-18-14-30/h2-3,6-8,11-12,15,19,25-29H,4-5,9-10,13-14,16-18,20-21H2,1H3/t25-,26-,27+,28?,29+/m1/s1. The van der Waals surface area contributed by atoms with Crippen molar-refractivity contribution in [1.82, 2.24) is 4.90 Å². The molecule has 0 radical (unpaired) electrons. The Kier molecular flexibility index (Phi) is 8.71. The summed E-state index contributed by atoms with van der Waals surface area (Å²) in [6.45, 7) is 4.79. The van der Waals surface area contributed by atoms with E-state index in [9.17, 15) is 0 Å². The molecule has 0 bridgehead atoms. The van der Waals surface area contributed by atoms with E-state index in [-0.39, 0.29) is 24.5 Å². The van der Waals surface area contributed by atoms with Crippen molar-refractivity contribution in [3.05, 3.63) is 60.4 Å². The van der Waals surface area contributed by atoms with Gasteiger partial charge in [0.25, 0.3) is 0 Å². The fraction of sp³-hybridized carbons (Fsp3) is 0.586. The van der Waals surface area contributed by atoms with Gasteiger partial charge in [0.05, 0.1) is 45.4 Å². The van der Waals surface area contributed by atoms with Gasteiger partial charge >= 0.3 is 0 Å². The lowest BCUT2D eigenvalue weighted by atomic mass is 9.95. The zero-order valence-corrected chi connectivity index (χ0v) is 20.8. The van der Waals surface area contributed by atoms with Gasteiger partial charge in [0.2, 0.25) is 0 Å². The number of hydrogen-bond acceptors (Lipinski definition) is 6. The topological polar surface area (TPSA) is 49.4 Å². The van der Waals surface area contributed by atoms with E-state index in [4.69, 9.17) is 23.7 Å². The molecule has 2 heterocycles. The molecule has 2 aromatic carbocycles. The molecule has 0 aromatic heterocycles. The Morgan fingerprint density at radius 3 is 2.66 bits per heavy atom. The van der Waals surface area contributed by atoms with E-state index in [1.54, 1.807) is 13.4 Å². The Bertz CT molecular complexity index is 953. The van der Waals surface area contributed by atoms with Crippen LogP contribution in [-0.4, -0.2) is 69.5 Å². The van der Waals surface area contributed by atoms with Gasteiger partial charge in [-0.25, -0.2) is 0 Å². The second-order valence-electron chi connectivity index (χ2n) is 9.88. The van der Waals surface area contributed by atoms with Crippen molar-refractivity contribution in [3.8, 4) is 0 Å². The van der Waals surface area contributed by atoms with Crippen LogP contribution in [-0.2, 0) is 30.3 Å². The zero-order valence-electron chi connectivity index (χ0n) is 20.8. The molecule has 2 saturated heterocycles. The SMILES string of the molecule is COC=CC[C@H]1[C@H](N2CCOCC2)[C@@H](OC2CCCCO2)C[C@H]1OCc1ccc2ccccc2c1. The maximum absolute atomic E-state index is 6.67. The minimum absolute atomic E-state index is 0.0822. The number of ether oxygens (including phenoxy) is 5. The predicted molar refractivity (Wildman–Crippen MR) is 136 cm³/mol. The van der Waals surface area contributed by atoms with Gasteiger partial charge in [-0.2, -0.15) is 0 Å². The zero-order chi connectivity index (χ0) is 23.9. The Hall–Kier alpha value is -1.96. The first-order valence-electron chi connectivity index (χ1n) is 13.2. The second-order valence-corrected chi connectivity index (χ2v) is 9.88. The van der Waals surface area contributed by atoms with Gasteiger partial charge in [-0.3, -0.25) is 4.90 Å². The minimum Gasteiger partial charge on any atom is -0.505 e. The van der Waals surface area contributed by atoms with E-state index in [1.165, 1.54) is 22.8 Å². The smallest absolute Gasteiger partial charge is 0.158 e. The summed E-state index contributed by atoms with van der Waals surface area (Å²) in [6, 6.07) is 15.4. The molecular weight excluding hydrogens is 442 g/mol. The van der Waals surface area contributed by atoms with Crippen molar-refractivity contribution in [2.45, 2.75) is 63.3 Å². The van der Waals surface area contributed by atoms with Crippen LogP contribution < -0.4 is 0 Å². The normalized spacial score (nSPS) is 30.3. The first kappa shape index (κ1) is 24.7. The van der Waals surface area contributed by atoms with Crippen molar-refractivity contribution in [2.75, 3.05) is 40.0 Å². The van der Waals surface area contributed by atoms with E-state index < -0.39 is 0 Å². The number of hydrogen-bond donors (Lipinski definition) is 0. The van der Waals surface area contributed by atoms with Crippen LogP contribution in [0.1, 0.15) is 37.7 Å². The average Bonchev–Trinajstić information content (AvgIpc) is 3.25. The van der Waals surface area contributed by atoms with Crippen LogP contribution in [0.15, 0.2) is 54.8 Å². The van der Waals surface area contributed by atoms with Crippen LogP contribution in [0.2, 0.25) is 0 Å². The molecule has 3 aliphatic rings. The molecule has 6 heteroatoms. The highest BCUT2D eigenvalue weighted by molar-refractivity contribution is 5.82. The van der Waals surface area contributed by atoms with E-state index in [0.717, 1.165) is 58.6 Å². The van der Waals surface area contributed by atoms with E-state index >= 15 is 0 Å². The molecule has 190 valence electrons. The lowest BCUT2D eigenvalue weighted by Crippen LogP contribution is -2.51. The summed E-state index contributed by atoms with van der Waals surface area (Å²) in [5.74, 6) is 0.313. The van der Waals surface area contributed by atoms with Crippen LogP contribution in [0.5, 0.6) is 0 Å². The number of methoxy groups -OCH3 is 1. The summed E-state index contributed by atoms with van der Waals surface area (Å²) in [6.07, 6.45) is 9.03. The lowest BCUT2D eigenvalue weighted by molar-refractivity contribution is -0.200. The molecule has 0 amide bonds. The maximum atomic E-state index is 6.67. The summed E-state index contributed by atoms with van der Waals surface area (Å²) >= 11 is 0. The number of rotatable bonds is 9. The van der Waals surface area contributed by atoms with Crippen LogP contribution >= 0.6 is 0 Å². The molecule has 2 aromatic rings. The number of morpholine rings is 1. The maximum Gasteiger partial charge on any atom is 0.158 e. The summed E-state index contributed by atoms with van der Waals surface area (Å²) in [5, 5.41) is 2.51. The summed E-state index contributed by atoms with van der Waals surface area (Å²) in [4.78, 5) is 2.56. The van der Waals surface area contributed by atoms with Crippen LogP contribution in [0.3, 0.4) is 0 Å². The number of allylic oxidation sites excluding steroid dienone is 1. The molecule has 1 aliphatic carbocycles. The van der Waals surface area contributed by atoms with Crippen molar-refractivity contribution >= 4 is 10.8 Å². The Balaban J connectivity index is 1.34. The molecule has 5 rings (SSSR count). The molecule has 3 fully saturated rings. The third-order valence-electron chi connectivity index (χ3n) is 7.61. The molecular formula is C29H39NO5. The summed E-state index contributed by atoms with van der Waals surface area (Å²) < 4.78 is 30.2. The highest BCUT2D eigenvalue weighted by Gasteiger charge is 2.48. The second kappa shape index (κ2) is 12.3. The summed E-state index contributed by atoms with van der Waals surface area (Å²) in [7, 11) is 1.70. The van der Waals surface area contributed by atoms with Crippen molar-refractivity contribution in [1.29, 1.82) is 0 Å². The summed E-state index contributed by atoms with van der Waals surface area (Å²) in [5.41, 5.74) is 1.21. The largest absolute Gasteiger partial charge is 0.505 e. The van der Waals surface area contributed by atoms with Crippen molar-refractivity contribution in [3.63, 3.8) is 0 Å². The van der Waals surface area contributed by atoms with Gasteiger partial charge in [0.1, 0.15) is 0 Å². The van der Waals surface area contributed by atoms with Crippen molar-refractivity contribution < 1.29 is 23.7 Å². The average molecular weight is 482 g/mol. The molecule has 6 nitrogen and oxygen atoms in total. The highest BCUT2D eigenvalue weighted by Crippen LogP contribution is 2.39. The number of fused-ring (bicyclic) bond motifs is 1. The molecule has 35 heavy (non-hydrogen) atoms. The number of nitrogens with zero attached hydrogens (tertiary/aromatic N) is 1. The minimum atomic E-state index is -0.105. The van der Waals surface area contributed by atoms with E-state index in [2.05, 4.69) is 53.4 Å². The van der Waals surface area contributed by atoms with Gasteiger partial charge < -0.3 is 23.7 Å². The van der Waals surface area contributed by atoms with E-state index in [0.29, 0.717) is 12.5 Å². The third kappa shape index (κ3) is 6.25. The first-order chi connectivity index (χ1) is 17.3. The van der Waals surface area contributed by atoms with Gasteiger partial charge in [0.15, 0.2) is 6.29 Å². The van der Waals surface area contributed by atoms with Crippen LogP contribution in [0.4, 0.5) is 0 Å². The third-order valence-corrected chi connectivity index (χ3v) is 7.61. The quantitative estimate of drug-likeness (QED) is 0.475. The van der Waals surface area contributed by atoms with Crippen LogP contribution in [0.25, 0.3) is 10.8 Å². The molecule has 0 spiro atoms. The Morgan fingerprint density at radius 2 is 1.86 bits per heavy atom. The molecule has 2 aliphatic heterocycles. The highest BCUT2D eigenvalue weighted by atomic mass is 16.7. The molecule has 1 unspecified atom stereocenters. The van der Waals surface area contributed by atoms with Gasteiger partial charge in [-0.1, -0.05) is 36.4 Å². The first-order valence-corrected chi connectivity index (χ1v) is 13.2. The van der Waals surface area contributed by atoms with Gasteiger partial charge in [-0.05, 0) is 54.2 Å².